The number of hydrogen-bond donors (Lipinski definition) is 1. The highest BCUT2D eigenvalue weighted by atomic mass is 16.1. The highest BCUT2D eigenvalue weighted by molar-refractivity contribution is 5.94. The number of carbonyl (C=O) groups excluding carboxylic acids is 1. The number of ketones is 1. The molecule has 0 aromatic heterocycles. The molecule has 1 N–H and O–H groups in total. The third kappa shape index (κ3) is 2.52. The molecule has 2 aromatic carbocycles. The predicted octanol–water partition coefficient (Wildman–Crippen LogP) is 3.90. The maximum Gasteiger partial charge on any atom is 0.159 e. The molecule has 1 aliphatic heterocycles. The Morgan fingerprint density at radius 3 is 2.43 bits per heavy atom. The molecule has 2 nitrogen and oxygen atoms in total. The van der Waals surface area contributed by atoms with Gasteiger partial charge in [-0.1, -0.05) is 48.5 Å². The van der Waals surface area contributed by atoms with Crippen molar-refractivity contribution in [1.82, 2.24) is 5.32 Å². The summed E-state index contributed by atoms with van der Waals surface area (Å²) < 4.78 is 0. The van der Waals surface area contributed by atoms with Crippen molar-refractivity contribution in [3.63, 3.8) is 0 Å². The molecule has 0 spiro atoms. The fraction of sp³-hybridized carbons (Fsp3) is 0.316. The van der Waals surface area contributed by atoms with Gasteiger partial charge in [0.05, 0.1) is 0 Å². The van der Waals surface area contributed by atoms with E-state index in [9.17, 15) is 4.79 Å². The topological polar surface area (TPSA) is 29.1 Å². The Labute approximate surface area is 126 Å². The van der Waals surface area contributed by atoms with Crippen molar-refractivity contribution in [2.45, 2.75) is 38.8 Å². The molecule has 0 fully saturated rings. The van der Waals surface area contributed by atoms with Gasteiger partial charge in [-0.25, -0.2) is 0 Å². The average Bonchev–Trinajstić information content (AvgIpc) is 2.46. The first-order valence-corrected chi connectivity index (χ1v) is 7.43. The molecule has 0 bridgehead atoms. The molecule has 1 atom stereocenters. The molecule has 108 valence electrons. The molecule has 0 saturated carbocycles. The largest absolute Gasteiger partial charge is 0.307 e. The van der Waals surface area contributed by atoms with Crippen molar-refractivity contribution >= 4 is 5.78 Å². The summed E-state index contributed by atoms with van der Waals surface area (Å²) in [4.78, 5) is 11.4. The molecular formula is C19H21NO. The first kappa shape index (κ1) is 14.0. The molecule has 0 saturated heterocycles. The van der Waals surface area contributed by atoms with E-state index in [1.165, 1.54) is 16.7 Å². The minimum atomic E-state index is -0.00784. The van der Waals surface area contributed by atoms with E-state index in [4.69, 9.17) is 0 Å². The zero-order chi connectivity index (χ0) is 15.0. The lowest BCUT2D eigenvalue weighted by Gasteiger charge is -2.41. The SMILES string of the molecule is CC(=O)c1ccc(C2c3ccccc3CNC2(C)C)cc1. The molecule has 1 aliphatic rings. The van der Waals surface area contributed by atoms with E-state index < -0.39 is 0 Å². The summed E-state index contributed by atoms with van der Waals surface area (Å²) in [5, 5.41) is 3.63. The van der Waals surface area contributed by atoms with E-state index in [-0.39, 0.29) is 11.3 Å². The van der Waals surface area contributed by atoms with Crippen LogP contribution >= 0.6 is 0 Å². The summed E-state index contributed by atoms with van der Waals surface area (Å²) in [7, 11) is 0. The standard InChI is InChI=1S/C19H21NO/c1-13(21)14-8-10-15(11-9-14)18-17-7-5-4-6-16(17)12-20-19(18,2)3/h4-11,18,20H,12H2,1-3H3. The maximum atomic E-state index is 11.4. The van der Waals surface area contributed by atoms with Gasteiger partial charge < -0.3 is 5.32 Å². The van der Waals surface area contributed by atoms with E-state index in [0.717, 1.165) is 12.1 Å². The fourth-order valence-electron chi connectivity index (χ4n) is 3.30. The zero-order valence-corrected chi connectivity index (χ0v) is 12.8. The van der Waals surface area contributed by atoms with Crippen molar-refractivity contribution < 1.29 is 4.79 Å². The van der Waals surface area contributed by atoms with Gasteiger partial charge in [0, 0.05) is 23.6 Å². The monoisotopic (exact) mass is 279 g/mol. The molecule has 0 aliphatic carbocycles. The Balaban J connectivity index is 2.08. The van der Waals surface area contributed by atoms with Gasteiger partial charge in [0.15, 0.2) is 5.78 Å². The molecule has 0 amide bonds. The van der Waals surface area contributed by atoms with Crippen molar-refractivity contribution in [2.24, 2.45) is 0 Å². The van der Waals surface area contributed by atoms with Gasteiger partial charge in [0.1, 0.15) is 0 Å². The van der Waals surface area contributed by atoms with Crippen LogP contribution in [0, 0.1) is 0 Å². The molecule has 21 heavy (non-hydrogen) atoms. The second-order valence-electron chi connectivity index (χ2n) is 6.39. The first-order chi connectivity index (χ1) is 9.99. The van der Waals surface area contributed by atoms with Crippen LogP contribution in [-0.2, 0) is 6.54 Å². The van der Waals surface area contributed by atoms with Gasteiger partial charge in [-0.2, -0.15) is 0 Å². The average molecular weight is 279 g/mol. The van der Waals surface area contributed by atoms with Crippen LogP contribution in [0.5, 0.6) is 0 Å². The van der Waals surface area contributed by atoms with E-state index in [1.54, 1.807) is 6.92 Å². The third-order valence-corrected chi connectivity index (χ3v) is 4.47. The molecule has 1 heterocycles. The maximum absolute atomic E-state index is 11.4. The number of nitrogens with one attached hydrogen (secondary N) is 1. The molecular weight excluding hydrogens is 258 g/mol. The molecule has 1 unspecified atom stereocenters. The quantitative estimate of drug-likeness (QED) is 0.845. The number of rotatable bonds is 2. The van der Waals surface area contributed by atoms with Crippen LogP contribution in [0.15, 0.2) is 48.5 Å². The highest BCUT2D eigenvalue weighted by Crippen LogP contribution is 2.39. The zero-order valence-electron chi connectivity index (χ0n) is 12.8. The van der Waals surface area contributed by atoms with Crippen LogP contribution in [0.4, 0.5) is 0 Å². The number of Topliss-reactive ketones (excluding diaryl/α,β-unsaturated/α-hetero) is 1. The van der Waals surface area contributed by atoms with Gasteiger partial charge in [-0.3, -0.25) is 4.79 Å². The Morgan fingerprint density at radius 1 is 1.10 bits per heavy atom. The van der Waals surface area contributed by atoms with Crippen LogP contribution < -0.4 is 5.32 Å². The lowest BCUT2D eigenvalue weighted by atomic mass is 9.73. The van der Waals surface area contributed by atoms with Crippen molar-refractivity contribution in [2.75, 3.05) is 0 Å². The van der Waals surface area contributed by atoms with Crippen LogP contribution in [0.3, 0.4) is 0 Å². The Bertz CT molecular complexity index is 670. The molecule has 3 rings (SSSR count). The van der Waals surface area contributed by atoms with E-state index in [2.05, 4.69) is 55.6 Å². The van der Waals surface area contributed by atoms with Crippen LogP contribution in [0.2, 0.25) is 0 Å². The summed E-state index contributed by atoms with van der Waals surface area (Å²) in [6.07, 6.45) is 0. The van der Waals surface area contributed by atoms with Gasteiger partial charge in [0.25, 0.3) is 0 Å². The first-order valence-electron chi connectivity index (χ1n) is 7.43. The normalized spacial score (nSPS) is 19.9. The smallest absolute Gasteiger partial charge is 0.159 e. The van der Waals surface area contributed by atoms with Gasteiger partial charge in [-0.05, 0) is 37.5 Å². The number of fused-ring (bicyclic) bond motifs is 1. The van der Waals surface area contributed by atoms with E-state index in [1.807, 2.05) is 12.1 Å². The second-order valence-corrected chi connectivity index (χ2v) is 6.39. The van der Waals surface area contributed by atoms with Crippen molar-refractivity contribution in [3.05, 3.63) is 70.8 Å². The lowest BCUT2D eigenvalue weighted by molar-refractivity contribution is 0.101. The minimum Gasteiger partial charge on any atom is -0.307 e. The van der Waals surface area contributed by atoms with E-state index >= 15 is 0 Å². The summed E-state index contributed by atoms with van der Waals surface area (Å²) in [5.41, 5.74) is 4.76. The van der Waals surface area contributed by atoms with Crippen molar-refractivity contribution in [1.29, 1.82) is 0 Å². The number of hydrogen-bond acceptors (Lipinski definition) is 2. The van der Waals surface area contributed by atoms with Gasteiger partial charge in [-0.15, -0.1) is 0 Å². The van der Waals surface area contributed by atoms with Gasteiger partial charge in [0.2, 0.25) is 0 Å². The Hall–Kier alpha value is -1.93. The predicted molar refractivity (Wildman–Crippen MR) is 85.7 cm³/mol. The summed E-state index contributed by atoms with van der Waals surface area (Å²) >= 11 is 0. The summed E-state index contributed by atoms with van der Waals surface area (Å²) in [5.74, 6) is 0.409. The molecule has 2 aromatic rings. The fourth-order valence-corrected chi connectivity index (χ4v) is 3.30. The third-order valence-electron chi connectivity index (χ3n) is 4.47. The van der Waals surface area contributed by atoms with Gasteiger partial charge >= 0.3 is 0 Å². The summed E-state index contributed by atoms with van der Waals surface area (Å²) in [6, 6.07) is 16.7. The van der Waals surface area contributed by atoms with E-state index in [0.29, 0.717) is 5.92 Å². The number of benzene rings is 2. The molecule has 2 heteroatoms. The van der Waals surface area contributed by atoms with Crippen molar-refractivity contribution in [3.8, 4) is 0 Å². The minimum absolute atomic E-state index is 0.00784. The number of carbonyl (C=O) groups is 1. The Kier molecular flexibility index (Phi) is 3.42. The van der Waals surface area contributed by atoms with Crippen LogP contribution in [0.1, 0.15) is 53.7 Å². The summed E-state index contributed by atoms with van der Waals surface area (Å²) in [6.45, 7) is 7.00. The van der Waals surface area contributed by atoms with Crippen LogP contribution in [0.25, 0.3) is 0 Å². The second kappa shape index (κ2) is 5.12. The lowest BCUT2D eigenvalue weighted by Crippen LogP contribution is -2.48. The Morgan fingerprint density at radius 2 is 1.76 bits per heavy atom. The molecule has 0 radical (unpaired) electrons. The van der Waals surface area contributed by atoms with Crippen LogP contribution in [-0.4, -0.2) is 11.3 Å². The highest BCUT2D eigenvalue weighted by Gasteiger charge is 2.36.